The number of carbonyl (C=O) groups excluding carboxylic acids is 1. The van der Waals surface area contributed by atoms with Gasteiger partial charge in [-0.2, -0.15) is 13.2 Å². The first kappa shape index (κ1) is 12.6. The molecule has 0 saturated heterocycles. The van der Waals surface area contributed by atoms with E-state index >= 15 is 0 Å². The summed E-state index contributed by atoms with van der Waals surface area (Å²) in [6, 6.07) is 4.69. The van der Waals surface area contributed by atoms with Crippen molar-refractivity contribution < 1.29 is 18.0 Å². The van der Waals surface area contributed by atoms with E-state index in [1.165, 1.54) is 24.5 Å². The Morgan fingerprint density at radius 3 is 2.65 bits per heavy atom. The van der Waals surface area contributed by atoms with Gasteiger partial charge >= 0.3 is 6.18 Å². The largest absolute Gasteiger partial charge is 0.416 e. The van der Waals surface area contributed by atoms with Crippen LogP contribution in [0, 0.1) is 0 Å². The van der Waals surface area contributed by atoms with Gasteiger partial charge in [-0.1, -0.05) is 18.2 Å². The van der Waals surface area contributed by atoms with Gasteiger partial charge in [0.25, 0.3) is 0 Å². The number of hydrogen-bond acceptors (Lipinski definition) is 3. The molecule has 0 aliphatic carbocycles. The topological polar surface area (TPSA) is 54.9 Å². The van der Waals surface area contributed by atoms with Gasteiger partial charge in [0.05, 0.1) is 11.3 Å². The molecule has 0 spiro atoms. The predicted molar refractivity (Wildman–Crippen MR) is 63.9 cm³/mol. The molecule has 0 saturated carbocycles. The quantitative estimate of drug-likeness (QED) is 0.873. The van der Waals surface area contributed by atoms with Crippen molar-refractivity contribution >= 4 is 11.7 Å². The van der Waals surface area contributed by atoms with E-state index in [9.17, 15) is 18.0 Å². The number of anilines is 1. The van der Waals surface area contributed by atoms with Crippen LogP contribution in [0.4, 0.5) is 19.0 Å². The zero-order valence-electron chi connectivity index (χ0n) is 9.98. The van der Waals surface area contributed by atoms with Crippen LogP contribution in [0.15, 0.2) is 36.7 Å². The third-order valence-corrected chi connectivity index (χ3v) is 3.05. The summed E-state index contributed by atoms with van der Waals surface area (Å²) < 4.78 is 38.2. The van der Waals surface area contributed by atoms with Gasteiger partial charge in [-0.3, -0.25) is 9.78 Å². The first-order valence-corrected chi connectivity index (χ1v) is 5.76. The smallest absolute Gasteiger partial charge is 0.308 e. The monoisotopic (exact) mass is 279 g/mol. The van der Waals surface area contributed by atoms with E-state index in [4.69, 9.17) is 0 Å². The van der Waals surface area contributed by atoms with Gasteiger partial charge < -0.3 is 5.32 Å². The number of hydrogen-bond donors (Lipinski definition) is 1. The fourth-order valence-electron chi connectivity index (χ4n) is 2.17. The number of aromatic nitrogens is 2. The zero-order valence-corrected chi connectivity index (χ0v) is 9.98. The SMILES string of the molecule is O=C1Nc2nccnc2C1c1cccc(C(F)(F)F)c1. The minimum atomic E-state index is -4.45. The van der Waals surface area contributed by atoms with Crippen molar-refractivity contribution in [1.29, 1.82) is 0 Å². The van der Waals surface area contributed by atoms with Crippen LogP contribution in [0.1, 0.15) is 22.7 Å². The number of carbonyl (C=O) groups is 1. The number of halogens is 3. The second-order valence-corrected chi connectivity index (χ2v) is 4.34. The Labute approximate surface area is 111 Å². The number of benzene rings is 1. The van der Waals surface area contributed by atoms with Crippen LogP contribution in [0.2, 0.25) is 0 Å². The van der Waals surface area contributed by atoms with E-state index in [0.717, 1.165) is 12.1 Å². The first-order chi connectivity index (χ1) is 9.47. The third-order valence-electron chi connectivity index (χ3n) is 3.05. The number of nitrogens with zero attached hydrogens (tertiary/aromatic N) is 2. The van der Waals surface area contributed by atoms with Gasteiger partial charge in [-0.25, -0.2) is 4.98 Å². The third kappa shape index (κ3) is 2.01. The second kappa shape index (κ2) is 4.29. The summed E-state index contributed by atoms with van der Waals surface area (Å²) in [5, 5.41) is 2.51. The molecule has 0 radical (unpaired) electrons. The zero-order chi connectivity index (χ0) is 14.3. The van der Waals surface area contributed by atoms with Crippen molar-refractivity contribution in [2.45, 2.75) is 12.1 Å². The molecular formula is C13H8F3N3O. The van der Waals surface area contributed by atoms with Crippen molar-refractivity contribution in [3.8, 4) is 0 Å². The lowest BCUT2D eigenvalue weighted by Gasteiger charge is -2.11. The highest BCUT2D eigenvalue weighted by atomic mass is 19.4. The molecule has 4 nitrogen and oxygen atoms in total. The average Bonchev–Trinajstić information content (AvgIpc) is 2.73. The number of alkyl halides is 3. The molecule has 3 rings (SSSR count). The molecule has 0 bridgehead atoms. The van der Waals surface area contributed by atoms with Gasteiger partial charge in [0.15, 0.2) is 5.82 Å². The Bertz CT molecular complexity index is 685. The second-order valence-electron chi connectivity index (χ2n) is 4.34. The lowest BCUT2D eigenvalue weighted by Crippen LogP contribution is -2.15. The fourth-order valence-corrected chi connectivity index (χ4v) is 2.17. The van der Waals surface area contributed by atoms with Crippen molar-refractivity contribution in [2.24, 2.45) is 0 Å². The van der Waals surface area contributed by atoms with E-state index < -0.39 is 23.6 Å². The molecule has 2 heterocycles. The molecular weight excluding hydrogens is 271 g/mol. The molecule has 1 atom stereocenters. The fraction of sp³-hybridized carbons (Fsp3) is 0.154. The summed E-state index contributed by atoms with van der Waals surface area (Å²) >= 11 is 0. The van der Waals surface area contributed by atoms with Gasteiger partial charge in [0.1, 0.15) is 5.92 Å². The van der Waals surface area contributed by atoms with Gasteiger partial charge in [-0.05, 0) is 11.6 Å². The van der Waals surface area contributed by atoms with E-state index in [1.54, 1.807) is 0 Å². The summed E-state index contributed by atoms with van der Waals surface area (Å²) in [7, 11) is 0. The Balaban J connectivity index is 2.08. The van der Waals surface area contributed by atoms with Crippen LogP contribution in [0.5, 0.6) is 0 Å². The van der Waals surface area contributed by atoms with Crippen LogP contribution in [-0.2, 0) is 11.0 Å². The molecule has 20 heavy (non-hydrogen) atoms. The van der Waals surface area contributed by atoms with E-state index in [2.05, 4.69) is 15.3 Å². The molecule has 102 valence electrons. The molecule has 1 amide bonds. The normalized spacial score (nSPS) is 17.8. The highest BCUT2D eigenvalue weighted by Gasteiger charge is 2.36. The van der Waals surface area contributed by atoms with Gasteiger partial charge in [0.2, 0.25) is 5.91 Å². The van der Waals surface area contributed by atoms with Crippen LogP contribution >= 0.6 is 0 Å². The number of rotatable bonds is 1. The summed E-state index contributed by atoms with van der Waals surface area (Å²) in [5.74, 6) is -0.994. The van der Waals surface area contributed by atoms with E-state index in [1.807, 2.05) is 0 Å². The standard InChI is InChI=1S/C13H8F3N3O/c14-13(15,16)8-3-1-2-7(6-8)9-10-11(19-12(9)20)18-5-4-17-10/h1-6,9H,(H,18,19,20). The molecule has 1 aromatic heterocycles. The van der Waals surface area contributed by atoms with Gasteiger partial charge in [0, 0.05) is 12.4 Å². The molecule has 2 aromatic rings. The lowest BCUT2D eigenvalue weighted by molar-refractivity contribution is -0.137. The molecule has 1 N–H and O–H groups in total. The first-order valence-electron chi connectivity index (χ1n) is 5.76. The van der Waals surface area contributed by atoms with Crippen LogP contribution < -0.4 is 5.32 Å². The van der Waals surface area contributed by atoms with Crippen LogP contribution in [0.25, 0.3) is 0 Å². The molecule has 1 aromatic carbocycles. The predicted octanol–water partition coefficient (Wildman–Crippen LogP) is 2.58. The van der Waals surface area contributed by atoms with Crippen molar-refractivity contribution in [2.75, 3.05) is 5.32 Å². The van der Waals surface area contributed by atoms with E-state index in [-0.39, 0.29) is 5.56 Å². The maximum absolute atomic E-state index is 12.7. The Hall–Kier alpha value is -2.44. The molecule has 1 unspecified atom stereocenters. The molecule has 1 aliphatic heterocycles. The maximum atomic E-state index is 12.7. The maximum Gasteiger partial charge on any atom is 0.416 e. The summed E-state index contributed by atoms with van der Waals surface area (Å²) in [5.41, 5.74) is -0.200. The minimum absolute atomic E-state index is 0.247. The molecule has 1 aliphatic rings. The van der Waals surface area contributed by atoms with Gasteiger partial charge in [-0.15, -0.1) is 0 Å². The average molecular weight is 279 g/mol. The Morgan fingerprint density at radius 1 is 1.15 bits per heavy atom. The summed E-state index contributed by atoms with van der Waals surface area (Å²) in [6.45, 7) is 0. The molecule has 0 fully saturated rings. The van der Waals surface area contributed by atoms with Crippen LogP contribution in [0.3, 0.4) is 0 Å². The van der Waals surface area contributed by atoms with Crippen LogP contribution in [-0.4, -0.2) is 15.9 Å². The number of fused-ring (bicyclic) bond motifs is 1. The molecule has 7 heteroatoms. The highest BCUT2D eigenvalue weighted by Crippen LogP contribution is 2.36. The number of amides is 1. The number of nitrogens with one attached hydrogen (secondary N) is 1. The van der Waals surface area contributed by atoms with Crippen molar-refractivity contribution in [3.05, 3.63) is 53.5 Å². The Kier molecular flexibility index (Phi) is 2.70. The van der Waals surface area contributed by atoms with E-state index in [0.29, 0.717) is 11.5 Å². The summed E-state index contributed by atoms with van der Waals surface area (Å²) in [6.07, 6.45) is -1.64. The minimum Gasteiger partial charge on any atom is -0.308 e. The Morgan fingerprint density at radius 2 is 1.90 bits per heavy atom. The van der Waals surface area contributed by atoms with Crippen molar-refractivity contribution in [3.63, 3.8) is 0 Å². The lowest BCUT2D eigenvalue weighted by atomic mass is 9.95. The highest BCUT2D eigenvalue weighted by molar-refractivity contribution is 6.03. The van der Waals surface area contributed by atoms with Crippen molar-refractivity contribution in [1.82, 2.24) is 9.97 Å². The summed E-state index contributed by atoms with van der Waals surface area (Å²) in [4.78, 5) is 19.9.